The van der Waals surface area contributed by atoms with Crippen molar-refractivity contribution in [3.8, 4) is 0 Å². The van der Waals surface area contributed by atoms with Crippen LogP contribution in [0.15, 0.2) is 5.38 Å². The van der Waals surface area contributed by atoms with Gasteiger partial charge in [0.1, 0.15) is 5.01 Å². The summed E-state index contributed by atoms with van der Waals surface area (Å²) >= 11 is 1.85. The zero-order valence-electron chi connectivity index (χ0n) is 11.6. The smallest absolute Gasteiger partial charge is 0.114 e. The molecule has 1 aromatic rings. The Labute approximate surface area is 114 Å². The monoisotopic (exact) mass is 265 g/mol. The van der Waals surface area contributed by atoms with Crippen LogP contribution in [0.3, 0.4) is 0 Å². The van der Waals surface area contributed by atoms with E-state index >= 15 is 0 Å². The van der Waals surface area contributed by atoms with Gasteiger partial charge in [-0.2, -0.15) is 0 Å². The van der Waals surface area contributed by atoms with Crippen LogP contribution in [-0.2, 0) is 5.54 Å². The second-order valence-corrected chi connectivity index (χ2v) is 7.08. The molecule has 0 bridgehead atoms. The number of thiazole rings is 1. The van der Waals surface area contributed by atoms with Crippen molar-refractivity contribution in [1.82, 2.24) is 15.2 Å². The van der Waals surface area contributed by atoms with E-state index < -0.39 is 0 Å². The van der Waals surface area contributed by atoms with Gasteiger partial charge in [0.15, 0.2) is 0 Å². The Balaban J connectivity index is 1.87. The number of aromatic nitrogens is 1. The predicted octanol–water partition coefficient (Wildman–Crippen LogP) is 2.55. The summed E-state index contributed by atoms with van der Waals surface area (Å²) in [5.74, 6) is 0.534. The minimum Gasteiger partial charge on any atom is -0.304 e. The van der Waals surface area contributed by atoms with Gasteiger partial charge >= 0.3 is 0 Å². The predicted molar refractivity (Wildman–Crippen MR) is 76.2 cm³/mol. The van der Waals surface area contributed by atoms with Crippen LogP contribution < -0.4 is 5.32 Å². The van der Waals surface area contributed by atoms with Crippen molar-refractivity contribution >= 4 is 11.3 Å². The number of nitrogens with one attached hydrogen (secondary N) is 1. The fraction of sp³-hybridized carbons (Fsp3) is 0.786. The molecule has 0 aromatic carbocycles. The van der Waals surface area contributed by atoms with Crippen molar-refractivity contribution in [1.29, 1.82) is 0 Å². The van der Waals surface area contributed by atoms with Crippen LogP contribution in [-0.4, -0.2) is 36.1 Å². The van der Waals surface area contributed by atoms with Crippen LogP contribution in [0.1, 0.15) is 49.7 Å². The molecule has 0 amide bonds. The number of likely N-dealkylation sites (tertiary alicyclic amines) is 1. The molecule has 3 nitrogen and oxygen atoms in total. The van der Waals surface area contributed by atoms with Crippen LogP contribution in [0.4, 0.5) is 0 Å². The Morgan fingerprint density at radius 3 is 2.78 bits per heavy atom. The van der Waals surface area contributed by atoms with Gasteiger partial charge in [-0.3, -0.25) is 0 Å². The molecule has 1 unspecified atom stereocenters. The third-order valence-corrected chi connectivity index (χ3v) is 5.11. The minimum absolute atomic E-state index is 0.133. The molecule has 0 radical (unpaired) electrons. The highest BCUT2D eigenvalue weighted by molar-refractivity contribution is 7.09. The largest absolute Gasteiger partial charge is 0.304 e. The van der Waals surface area contributed by atoms with E-state index in [0.29, 0.717) is 5.92 Å². The lowest BCUT2D eigenvalue weighted by atomic mass is 9.99. The molecule has 1 saturated heterocycles. The highest BCUT2D eigenvalue weighted by Gasteiger charge is 2.44. The zero-order valence-corrected chi connectivity index (χ0v) is 12.4. The first kappa shape index (κ1) is 12.6. The van der Waals surface area contributed by atoms with E-state index in [4.69, 9.17) is 4.98 Å². The molecule has 1 N–H and O–H groups in total. The van der Waals surface area contributed by atoms with E-state index in [-0.39, 0.29) is 5.54 Å². The fourth-order valence-corrected chi connectivity index (χ4v) is 3.91. The van der Waals surface area contributed by atoms with E-state index in [9.17, 15) is 0 Å². The molecule has 1 aliphatic carbocycles. The summed E-state index contributed by atoms with van der Waals surface area (Å²) in [6.07, 6.45) is 3.88. The van der Waals surface area contributed by atoms with Crippen molar-refractivity contribution < 1.29 is 0 Å². The van der Waals surface area contributed by atoms with Gasteiger partial charge < -0.3 is 10.2 Å². The third kappa shape index (κ3) is 2.33. The molecule has 1 saturated carbocycles. The summed E-state index contributed by atoms with van der Waals surface area (Å²) < 4.78 is 0. The fourth-order valence-electron chi connectivity index (χ4n) is 2.74. The van der Waals surface area contributed by atoms with Gasteiger partial charge in [-0.15, -0.1) is 11.3 Å². The van der Waals surface area contributed by atoms with Crippen molar-refractivity contribution in [3.05, 3.63) is 16.1 Å². The lowest BCUT2D eigenvalue weighted by Gasteiger charge is -2.28. The van der Waals surface area contributed by atoms with Gasteiger partial charge in [0.05, 0.1) is 11.2 Å². The van der Waals surface area contributed by atoms with Gasteiger partial charge in [0.2, 0.25) is 0 Å². The number of hydrogen-bond acceptors (Lipinski definition) is 4. The van der Waals surface area contributed by atoms with Gasteiger partial charge in [0, 0.05) is 24.5 Å². The first-order valence-corrected chi connectivity index (χ1v) is 7.89. The summed E-state index contributed by atoms with van der Waals surface area (Å²) in [7, 11) is 2.22. The van der Waals surface area contributed by atoms with Crippen molar-refractivity contribution in [3.63, 3.8) is 0 Å². The normalized spacial score (nSPS) is 29.3. The summed E-state index contributed by atoms with van der Waals surface area (Å²) in [5, 5.41) is 7.42. The summed E-state index contributed by atoms with van der Waals surface area (Å²) in [6, 6.07) is 0.739. The zero-order chi connectivity index (χ0) is 12.8. The van der Waals surface area contributed by atoms with Gasteiger partial charge in [-0.25, -0.2) is 4.98 Å². The maximum atomic E-state index is 4.91. The second kappa shape index (κ2) is 4.58. The molecule has 4 heteroatoms. The first-order chi connectivity index (χ1) is 8.59. The van der Waals surface area contributed by atoms with Crippen LogP contribution in [0.25, 0.3) is 0 Å². The number of likely N-dealkylation sites (N-methyl/N-ethyl adjacent to an activating group) is 1. The van der Waals surface area contributed by atoms with E-state index in [0.717, 1.165) is 12.6 Å². The van der Waals surface area contributed by atoms with Crippen LogP contribution >= 0.6 is 11.3 Å². The maximum Gasteiger partial charge on any atom is 0.114 e. The molecule has 3 rings (SSSR count). The molecular weight excluding hydrogens is 242 g/mol. The molecular formula is C14H23N3S. The van der Waals surface area contributed by atoms with E-state index in [1.165, 1.54) is 36.5 Å². The van der Waals surface area contributed by atoms with Crippen molar-refractivity contribution in [2.75, 3.05) is 20.1 Å². The van der Waals surface area contributed by atoms with Gasteiger partial charge in [-0.05, 0) is 32.2 Å². The van der Waals surface area contributed by atoms with Gasteiger partial charge in [0.25, 0.3) is 0 Å². The third-order valence-electron chi connectivity index (χ3n) is 4.04. The topological polar surface area (TPSA) is 28.2 Å². The van der Waals surface area contributed by atoms with Crippen LogP contribution in [0.2, 0.25) is 0 Å². The minimum atomic E-state index is 0.133. The Hall–Kier alpha value is -0.450. The Kier molecular flexibility index (Phi) is 3.20. The molecule has 1 aliphatic heterocycles. The highest BCUT2D eigenvalue weighted by Crippen LogP contribution is 2.37. The summed E-state index contributed by atoms with van der Waals surface area (Å²) in [6.45, 7) is 6.73. The SMILES string of the molecule is CC(C)c1csc(C2(NC3CC3)CCN(C)C2)n1. The average molecular weight is 265 g/mol. The molecule has 2 aliphatic rings. The molecule has 2 heterocycles. The first-order valence-electron chi connectivity index (χ1n) is 7.01. The Bertz CT molecular complexity index is 424. The number of rotatable bonds is 4. The maximum absolute atomic E-state index is 4.91. The van der Waals surface area contributed by atoms with E-state index in [1.54, 1.807) is 0 Å². The Morgan fingerprint density at radius 1 is 1.50 bits per heavy atom. The standard InChI is InChI=1S/C14H23N3S/c1-10(2)12-8-18-13(15-12)14(16-11-4-5-11)6-7-17(3)9-14/h8,10-11,16H,4-7,9H2,1-3H3. The van der Waals surface area contributed by atoms with Crippen LogP contribution in [0, 0.1) is 0 Å². The van der Waals surface area contributed by atoms with E-state index in [1.807, 2.05) is 11.3 Å². The highest BCUT2D eigenvalue weighted by atomic mass is 32.1. The van der Waals surface area contributed by atoms with Crippen molar-refractivity contribution in [2.24, 2.45) is 0 Å². The lowest BCUT2D eigenvalue weighted by molar-refractivity contribution is 0.312. The van der Waals surface area contributed by atoms with Crippen molar-refractivity contribution in [2.45, 2.75) is 50.6 Å². The molecule has 1 atom stereocenters. The average Bonchev–Trinajstić information content (AvgIpc) is 2.85. The Morgan fingerprint density at radius 2 is 2.28 bits per heavy atom. The molecule has 1 aromatic heterocycles. The molecule has 0 spiro atoms. The molecule has 18 heavy (non-hydrogen) atoms. The van der Waals surface area contributed by atoms with E-state index in [2.05, 4.69) is 36.5 Å². The lowest BCUT2D eigenvalue weighted by Crippen LogP contribution is -2.45. The van der Waals surface area contributed by atoms with Crippen LogP contribution in [0.5, 0.6) is 0 Å². The summed E-state index contributed by atoms with van der Waals surface area (Å²) in [5.41, 5.74) is 1.38. The molecule has 100 valence electrons. The number of hydrogen-bond donors (Lipinski definition) is 1. The quantitative estimate of drug-likeness (QED) is 0.907. The van der Waals surface area contributed by atoms with Gasteiger partial charge in [-0.1, -0.05) is 13.8 Å². The molecule has 2 fully saturated rings. The summed E-state index contributed by atoms with van der Waals surface area (Å²) in [4.78, 5) is 7.33. The second-order valence-electron chi connectivity index (χ2n) is 6.22. The number of nitrogens with zero attached hydrogens (tertiary/aromatic N) is 2.